The highest BCUT2D eigenvalue weighted by molar-refractivity contribution is 9.11. The Kier molecular flexibility index (Phi) is 3.94. The number of hydrogen-bond acceptors (Lipinski definition) is 3. The molecule has 0 aromatic carbocycles. The van der Waals surface area contributed by atoms with Crippen molar-refractivity contribution in [1.82, 2.24) is 0 Å². The molecular formula is C11H13BrO2S. The van der Waals surface area contributed by atoms with Gasteiger partial charge in [-0.25, -0.2) is 0 Å². The molecule has 1 aliphatic rings. The molecule has 0 spiro atoms. The van der Waals surface area contributed by atoms with Crippen LogP contribution in [0.2, 0.25) is 0 Å². The molecule has 1 aliphatic carbocycles. The van der Waals surface area contributed by atoms with Gasteiger partial charge in [-0.15, -0.1) is 11.3 Å². The molecule has 1 saturated carbocycles. The molecule has 0 unspecified atom stereocenters. The molecule has 0 bridgehead atoms. The van der Waals surface area contributed by atoms with E-state index in [4.69, 9.17) is 4.74 Å². The van der Waals surface area contributed by atoms with Crippen LogP contribution in [0, 0.1) is 5.92 Å². The fourth-order valence-electron chi connectivity index (χ4n) is 1.36. The van der Waals surface area contributed by atoms with Gasteiger partial charge in [0.25, 0.3) is 0 Å². The summed E-state index contributed by atoms with van der Waals surface area (Å²) in [5.41, 5.74) is 0. The second-order valence-corrected chi connectivity index (χ2v) is 6.27. The summed E-state index contributed by atoms with van der Waals surface area (Å²) in [6, 6.07) is 3.73. The van der Waals surface area contributed by atoms with Crippen LogP contribution in [0.25, 0.3) is 0 Å². The first-order valence-electron chi connectivity index (χ1n) is 5.12. The summed E-state index contributed by atoms with van der Waals surface area (Å²) in [5, 5.41) is 0. The molecular weight excluding hydrogens is 276 g/mol. The van der Waals surface area contributed by atoms with Crippen LogP contribution in [0.3, 0.4) is 0 Å². The van der Waals surface area contributed by atoms with Gasteiger partial charge in [0.05, 0.1) is 8.66 Å². The Morgan fingerprint density at radius 2 is 2.33 bits per heavy atom. The molecule has 0 amide bonds. The van der Waals surface area contributed by atoms with Gasteiger partial charge in [0.1, 0.15) is 6.61 Å². The van der Waals surface area contributed by atoms with Gasteiger partial charge in [0.15, 0.2) is 5.78 Å². The van der Waals surface area contributed by atoms with Crippen LogP contribution >= 0.6 is 27.3 Å². The Hall–Kier alpha value is -0.190. The predicted molar refractivity (Wildman–Crippen MR) is 64.5 cm³/mol. The first-order chi connectivity index (χ1) is 7.25. The van der Waals surface area contributed by atoms with E-state index in [0.29, 0.717) is 0 Å². The molecule has 15 heavy (non-hydrogen) atoms. The summed E-state index contributed by atoms with van der Waals surface area (Å²) in [7, 11) is 0. The van der Waals surface area contributed by atoms with E-state index in [9.17, 15) is 4.79 Å². The van der Waals surface area contributed by atoms with Gasteiger partial charge >= 0.3 is 0 Å². The monoisotopic (exact) mass is 288 g/mol. The van der Waals surface area contributed by atoms with Crippen LogP contribution in [-0.4, -0.2) is 19.0 Å². The zero-order valence-electron chi connectivity index (χ0n) is 8.37. The Balaban J connectivity index is 1.67. The summed E-state index contributed by atoms with van der Waals surface area (Å²) in [6.45, 7) is 0.947. The van der Waals surface area contributed by atoms with Gasteiger partial charge in [0, 0.05) is 6.61 Å². The maximum atomic E-state index is 11.6. The minimum Gasteiger partial charge on any atom is -0.373 e. The quantitative estimate of drug-likeness (QED) is 0.591. The molecule has 0 radical (unpaired) electrons. The predicted octanol–water partition coefficient (Wildman–Crippen LogP) is 3.51. The highest BCUT2D eigenvalue weighted by atomic mass is 79.9. The average Bonchev–Trinajstić information content (AvgIpc) is 2.94. The van der Waals surface area contributed by atoms with Gasteiger partial charge < -0.3 is 4.74 Å². The van der Waals surface area contributed by atoms with E-state index in [0.717, 1.165) is 27.6 Å². The number of carbonyl (C=O) groups excluding carboxylic acids is 1. The maximum Gasteiger partial charge on any atom is 0.198 e. The summed E-state index contributed by atoms with van der Waals surface area (Å²) in [4.78, 5) is 12.4. The smallest absolute Gasteiger partial charge is 0.198 e. The van der Waals surface area contributed by atoms with Crippen molar-refractivity contribution in [3.63, 3.8) is 0 Å². The highest BCUT2D eigenvalue weighted by Gasteiger charge is 2.20. The molecule has 0 atom stereocenters. The SMILES string of the molecule is O=C(COCCC1CC1)c1ccc(Br)s1. The largest absolute Gasteiger partial charge is 0.373 e. The van der Waals surface area contributed by atoms with Crippen molar-refractivity contribution in [2.45, 2.75) is 19.3 Å². The third kappa shape index (κ3) is 3.70. The van der Waals surface area contributed by atoms with Gasteiger partial charge in [-0.2, -0.15) is 0 Å². The Labute approximate surface area is 102 Å². The maximum absolute atomic E-state index is 11.6. The standard InChI is InChI=1S/C11H13BrO2S/c12-11-4-3-10(15-11)9(13)7-14-6-5-8-1-2-8/h3-4,8H,1-2,5-7H2. The normalized spacial score (nSPS) is 15.5. The minimum atomic E-state index is 0.0847. The summed E-state index contributed by atoms with van der Waals surface area (Å²) >= 11 is 4.79. The van der Waals surface area contributed by atoms with Crippen molar-refractivity contribution >= 4 is 33.0 Å². The van der Waals surface area contributed by atoms with E-state index in [1.165, 1.54) is 24.2 Å². The number of Topliss-reactive ketones (excluding diaryl/α,β-unsaturated/α-hetero) is 1. The lowest BCUT2D eigenvalue weighted by molar-refractivity contribution is 0.0752. The Morgan fingerprint density at radius 1 is 1.53 bits per heavy atom. The minimum absolute atomic E-state index is 0.0847. The first-order valence-corrected chi connectivity index (χ1v) is 6.73. The van der Waals surface area contributed by atoms with Crippen molar-refractivity contribution in [3.05, 3.63) is 20.8 Å². The van der Waals surface area contributed by atoms with Crippen molar-refractivity contribution in [1.29, 1.82) is 0 Å². The van der Waals surface area contributed by atoms with Crippen LogP contribution in [-0.2, 0) is 4.74 Å². The summed E-state index contributed by atoms with van der Waals surface area (Å²) in [5.74, 6) is 0.956. The molecule has 1 aromatic heterocycles. The van der Waals surface area contributed by atoms with Crippen LogP contribution in [0.5, 0.6) is 0 Å². The third-order valence-electron chi connectivity index (χ3n) is 2.45. The van der Waals surface area contributed by atoms with Crippen LogP contribution in [0.15, 0.2) is 15.9 Å². The van der Waals surface area contributed by atoms with E-state index >= 15 is 0 Å². The molecule has 1 aromatic rings. The lowest BCUT2D eigenvalue weighted by Gasteiger charge is -2.00. The number of rotatable bonds is 6. The number of halogens is 1. The number of hydrogen-bond donors (Lipinski definition) is 0. The number of ketones is 1. The Bertz CT molecular complexity index is 344. The van der Waals surface area contributed by atoms with Crippen molar-refractivity contribution in [2.24, 2.45) is 5.92 Å². The number of ether oxygens (including phenoxy) is 1. The van der Waals surface area contributed by atoms with Crippen LogP contribution in [0.1, 0.15) is 28.9 Å². The average molecular weight is 289 g/mol. The molecule has 0 saturated heterocycles. The molecule has 0 aliphatic heterocycles. The zero-order chi connectivity index (χ0) is 10.7. The summed E-state index contributed by atoms with van der Waals surface area (Å²) in [6.07, 6.45) is 3.80. The third-order valence-corrected chi connectivity index (χ3v) is 4.11. The van der Waals surface area contributed by atoms with Crippen molar-refractivity contribution in [2.75, 3.05) is 13.2 Å². The van der Waals surface area contributed by atoms with Crippen LogP contribution < -0.4 is 0 Å². The van der Waals surface area contributed by atoms with Gasteiger partial charge in [-0.1, -0.05) is 12.8 Å². The Morgan fingerprint density at radius 3 is 2.93 bits per heavy atom. The second-order valence-electron chi connectivity index (χ2n) is 3.81. The van der Waals surface area contributed by atoms with E-state index < -0.39 is 0 Å². The molecule has 82 valence electrons. The van der Waals surface area contributed by atoms with E-state index in [1.807, 2.05) is 12.1 Å². The second kappa shape index (κ2) is 5.23. The van der Waals surface area contributed by atoms with Gasteiger partial charge in [0.2, 0.25) is 0 Å². The fourth-order valence-corrected chi connectivity index (χ4v) is 2.67. The summed E-state index contributed by atoms with van der Waals surface area (Å²) < 4.78 is 6.34. The highest BCUT2D eigenvalue weighted by Crippen LogP contribution is 2.32. The molecule has 1 fully saturated rings. The van der Waals surface area contributed by atoms with E-state index in [1.54, 1.807) is 0 Å². The topological polar surface area (TPSA) is 26.3 Å². The molecule has 2 rings (SSSR count). The molecule has 4 heteroatoms. The zero-order valence-corrected chi connectivity index (χ0v) is 10.8. The lowest BCUT2D eigenvalue weighted by atomic mass is 10.3. The van der Waals surface area contributed by atoms with Gasteiger partial charge in [-0.05, 0) is 40.4 Å². The molecule has 0 N–H and O–H groups in total. The molecule has 2 nitrogen and oxygen atoms in total. The van der Waals surface area contributed by atoms with Crippen molar-refractivity contribution in [3.8, 4) is 0 Å². The van der Waals surface area contributed by atoms with E-state index in [-0.39, 0.29) is 12.4 Å². The van der Waals surface area contributed by atoms with Crippen LogP contribution in [0.4, 0.5) is 0 Å². The lowest BCUT2D eigenvalue weighted by Crippen LogP contribution is -2.08. The van der Waals surface area contributed by atoms with Crippen molar-refractivity contribution < 1.29 is 9.53 Å². The molecule has 1 heterocycles. The fraction of sp³-hybridized carbons (Fsp3) is 0.545. The van der Waals surface area contributed by atoms with Gasteiger partial charge in [-0.3, -0.25) is 4.79 Å². The first kappa shape index (κ1) is 11.3. The number of carbonyl (C=O) groups is 1. The van der Waals surface area contributed by atoms with E-state index in [2.05, 4.69) is 15.9 Å². The number of thiophene rings is 1.